The number of nitrogens with zero attached hydrogens (tertiary/aromatic N) is 2. The topological polar surface area (TPSA) is 6.48 Å². The minimum Gasteiger partial charge on any atom is -0.344 e. The van der Waals surface area contributed by atoms with Crippen LogP contribution in [0.25, 0.3) is 0 Å². The first-order chi connectivity index (χ1) is 18.7. The van der Waals surface area contributed by atoms with E-state index in [-0.39, 0.29) is 5.92 Å². The van der Waals surface area contributed by atoms with E-state index in [0.29, 0.717) is 0 Å². The van der Waals surface area contributed by atoms with Gasteiger partial charge in [-0.15, -0.1) is 11.3 Å². The molecular weight excluding hydrogens is 480 g/mol. The van der Waals surface area contributed by atoms with Crippen molar-refractivity contribution in [2.24, 2.45) is 0 Å². The number of anilines is 4. The molecule has 2 aliphatic rings. The van der Waals surface area contributed by atoms with Crippen molar-refractivity contribution in [1.29, 1.82) is 0 Å². The third-order valence-electron chi connectivity index (χ3n) is 8.46. The zero-order valence-electron chi connectivity index (χ0n) is 22.0. The number of para-hydroxylation sites is 2. The van der Waals surface area contributed by atoms with Gasteiger partial charge in [-0.2, -0.15) is 0 Å². The average molecular weight is 513 g/mol. The van der Waals surface area contributed by atoms with E-state index in [1.165, 1.54) is 61.0 Å². The smallest absolute Gasteiger partial charge is 0.0441 e. The van der Waals surface area contributed by atoms with Gasteiger partial charge in [-0.3, -0.25) is 0 Å². The Labute approximate surface area is 229 Å². The highest BCUT2D eigenvalue weighted by Gasteiger charge is 2.24. The van der Waals surface area contributed by atoms with Gasteiger partial charge in [0.2, 0.25) is 0 Å². The summed E-state index contributed by atoms with van der Waals surface area (Å²) in [5.41, 5.74) is 13.8. The van der Waals surface area contributed by atoms with E-state index in [1.54, 1.807) is 0 Å². The Morgan fingerprint density at radius 1 is 0.526 bits per heavy atom. The van der Waals surface area contributed by atoms with Crippen LogP contribution in [-0.4, -0.2) is 14.1 Å². The minimum absolute atomic E-state index is 0.234. The quantitative estimate of drug-likeness (QED) is 0.239. The predicted molar refractivity (Wildman–Crippen MR) is 162 cm³/mol. The van der Waals surface area contributed by atoms with Gasteiger partial charge in [0, 0.05) is 47.6 Å². The molecular formula is C35H32N2S. The summed E-state index contributed by atoms with van der Waals surface area (Å²) in [6.07, 6.45) is 4.28. The van der Waals surface area contributed by atoms with Crippen LogP contribution in [-0.2, 0) is 25.7 Å². The van der Waals surface area contributed by atoms with Crippen LogP contribution >= 0.6 is 11.3 Å². The van der Waals surface area contributed by atoms with E-state index in [0.717, 1.165) is 25.7 Å². The molecule has 38 heavy (non-hydrogen) atoms. The Balaban J connectivity index is 1.30. The molecule has 0 saturated carbocycles. The number of fused-ring (bicyclic) bond motifs is 4. The van der Waals surface area contributed by atoms with Gasteiger partial charge in [0.1, 0.15) is 0 Å². The maximum Gasteiger partial charge on any atom is 0.0441 e. The second-order valence-electron chi connectivity index (χ2n) is 10.6. The Kier molecular flexibility index (Phi) is 5.82. The Morgan fingerprint density at radius 3 is 1.50 bits per heavy atom. The third kappa shape index (κ3) is 3.93. The molecule has 0 fully saturated rings. The lowest BCUT2D eigenvalue weighted by atomic mass is 9.86. The molecule has 0 atom stereocenters. The van der Waals surface area contributed by atoms with Crippen LogP contribution in [0.15, 0.2) is 102 Å². The van der Waals surface area contributed by atoms with Crippen LogP contribution in [0.2, 0.25) is 0 Å². The minimum atomic E-state index is 0.234. The zero-order chi connectivity index (χ0) is 25.6. The first-order valence-electron chi connectivity index (χ1n) is 13.6. The van der Waals surface area contributed by atoms with Gasteiger partial charge in [0.25, 0.3) is 0 Å². The summed E-state index contributed by atoms with van der Waals surface area (Å²) in [5, 5.41) is 2.21. The molecule has 0 saturated heterocycles. The largest absolute Gasteiger partial charge is 0.344 e. The maximum atomic E-state index is 2.48. The van der Waals surface area contributed by atoms with Gasteiger partial charge in [0.15, 0.2) is 0 Å². The van der Waals surface area contributed by atoms with Crippen LogP contribution in [0.5, 0.6) is 0 Å². The number of benzene rings is 4. The molecule has 0 radical (unpaired) electrons. The highest BCUT2D eigenvalue weighted by molar-refractivity contribution is 7.10. The number of thiophene rings is 1. The molecule has 5 aromatic rings. The standard InChI is InChI=1S/C35H32N2S/c1-36-30-10-5-3-8-24(30)13-15-26-22-28(17-19-32(26)36)35(34-12-7-21-38-34)29-18-20-33-27(23-29)16-14-25-9-4-6-11-31(25)37(33)2/h3-12,17-23,35H,13-16H2,1-2H3. The molecule has 0 aliphatic carbocycles. The van der Waals surface area contributed by atoms with Crippen molar-refractivity contribution in [3.63, 3.8) is 0 Å². The average Bonchev–Trinajstić information content (AvgIpc) is 3.39. The van der Waals surface area contributed by atoms with Gasteiger partial charge in [-0.25, -0.2) is 0 Å². The molecule has 0 unspecified atom stereocenters. The summed E-state index contributed by atoms with van der Waals surface area (Å²) < 4.78 is 0. The molecule has 188 valence electrons. The molecule has 7 rings (SSSR count). The van der Waals surface area contributed by atoms with Crippen LogP contribution in [0.1, 0.15) is 44.2 Å². The van der Waals surface area contributed by atoms with Crippen molar-refractivity contribution >= 4 is 34.1 Å². The summed E-state index contributed by atoms with van der Waals surface area (Å²) in [7, 11) is 4.42. The molecule has 0 N–H and O–H groups in total. The second-order valence-corrected chi connectivity index (χ2v) is 11.6. The van der Waals surface area contributed by atoms with E-state index in [1.807, 2.05) is 11.3 Å². The third-order valence-corrected chi connectivity index (χ3v) is 9.39. The number of hydrogen-bond donors (Lipinski definition) is 0. The van der Waals surface area contributed by atoms with Gasteiger partial charge >= 0.3 is 0 Å². The van der Waals surface area contributed by atoms with E-state index < -0.39 is 0 Å². The molecule has 0 bridgehead atoms. The van der Waals surface area contributed by atoms with Crippen LogP contribution in [0.3, 0.4) is 0 Å². The summed E-state index contributed by atoms with van der Waals surface area (Å²) >= 11 is 1.86. The van der Waals surface area contributed by atoms with Crippen molar-refractivity contribution in [2.75, 3.05) is 23.9 Å². The van der Waals surface area contributed by atoms with Crippen LogP contribution in [0, 0.1) is 0 Å². The van der Waals surface area contributed by atoms with Gasteiger partial charge in [-0.05, 0) is 94.8 Å². The van der Waals surface area contributed by atoms with Crippen molar-refractivity contribution in [2.45, 2.75) is 31.6 Å². The summed E-state index contributed by atoms with van der Waals surface area (Å²) in [6.45, 7) is 0. The fourth-order valence-electron chi connectivity index (χ4n) is 6.50. The highest BCUT2D eigenvalue weighted by Crippen LogP contribution is 2.42. The lowest BCUT2D eigenvalue weighted by molar-refractivity contribution is 0.942. The lowest BCUT2D eigenvalue weighted by Gasteiger charge is -2.25. The molecule has 3 heterocycles. The summed E-state index contributed by atoms with van der Waals surface area (Å²) in [4.78, 5) is 6.15. The van der Waals surface area contributed by atoms with E-state index in [4.69, 9.17) is 0 Å². The Morgan fingerprint density at radius 2 is 1.00 bits per heavy atom. The molecule has 0 spiro atoms. The molecule has 2 nitrogen and oxygen atoms in total. The molecule has 4 aromatic carbocycles. The number of aryl methyl sites for hydroxylation is 4. The van der Waals surface area contributed by atoms with Crippen molar-refractivity contribution in [3.8, 4) is 0 Å². The monoisotopic (exact) mass is 512 g/mol. The Hall–Kier alpha value is -3.82. The normalized spacial score (nSPS) is 14.3. The molecule has 3 heteroatoms. The lowest BCUT2D eigenvalue weighted by Crippen LogP contribution is -2.13. The molecule has 1 aromatic heterocycles. The van der Waals surface area contributed by atoms with Crippen molar-refractivity contribution in [3.05, 3.63) is 141 Å². The second kappa shape index (κ2) is 9.49. The van der Waals surface area contributed by atoms with Crippen molar-refractivity contribution < 1.29 is 0 Å². The Bertz CT molecular complexity index is 1510. The van der Waals surface area contributed by atoms with Gasteiger partial charge in [0.05, 0.1) is 0 Å². The van der Waals surface area contributed by atoms with E-state index in [2.05, 4.69) is 126 Å². The summed E-state index contributed by atoms with van der Waals surface area (Å²) in [6, 6.07) is 36.5. The number of hydrogen-bond acceptors (Lipinski definition) is 3. The highest BCUT2D eigenvalue weighted by atomic mass is 32.1. The summed E-state index contributed by atoms with van der Waals surface area (Å²) in [5.74, 6) is 0.234. The van der Waals surface area contributed by atoms with Gasteiger partial charge < -0.3 is 9.80 Å². The fraction of sp³-hybridized carbons (Fsp3) is 0.200. The maximum absolute atomic E-state index is 2.48. The molecule has 2 aliphatic heterocycles. The van der Waals surface area contributed by atoms with Crippen LogP contribution in [0.4, 0.5) is 22.7 Å². The predicted octanol–water partition coefficient (Wildman–Crippen LogP) is 8.66. The zero-order valence-corrected chi connectivity index (χ0v) is 22.8. The molecule has 0 amide bonds. The van der Waals surface area contributed by atoms with E-state index >= 15 is 0 Å². The fourth-order valence-corrected chi connectivity index (χ4v) is 7.38. The van der Waals surface area contributed by atoms with Crippen molar-refractivity contribution in [1.82, 2.24) is 0 Å². The van der Waals surface area contributed by atoms with E-state index in [9.17, 15) is 0 Å². The van der Waals surface area contributed by atoms with Gasteiger partial charge in [-0.1, -0.05) is 66.7 Å². The van der Waals surface area contributed by atoms with Crippen LogP contribution < -0.4 is 9.80 Å². The first-order valence-corrected chi connectivity index (χ1v) is 14.5. The number of rotatable bonds is 3. The first kappa shape index (κ1) is 23.3. The SMILES string of the molecule is CN1c2ccccc2CCc2cc(C(c3ccc4c(c3)CCc3ccccc3N4C)c3cccs3)ccc21.